The molecule has 0 aromatic heterocycles. The van der Waals surface area contributed by atoms with Crippen LogP contribution in [-0.2, 0) is 4.74 Å². The summed E-state index contributed by atoms with van der Waals surface area (Å²) in [6, 6.07) is 6.74. The van der Waals surface area contributed by atoms with Crippen molar-refractivity contribution >= 4 is 5.97 Å². The molecule has 2 saturated carbocycles. The van der Waals surface area contributed by atoms with E-state index in [0.717, 1.165) is 24.7 Å². The minimum absolute atomic E-state index is 0.00181. The summed E-state index contributed by atoms with van der Waals surface area (Å²) in [7, 11) is 0. The Morgan fingerprint density at radius 1 is 1.00 bits per heavy atom. The minimum Gasteiger partial charge on any atom is -0.507 e. The van der Waals surface area contributed by atoms with Crippen molar-refractivity contribution in [2.45, 2.75) is 126 Å². The third kappa shape index (κ3) is 4.49. The molecule has 0 amide bonds. The highest BCUT2D eigenvalue weighted by Gasteiger charge is 2.63. The average Bonchev–Trinajstić information content (AvgIpc) is 3.17. The summed E-state index contributed by atoms with van der Waals surface area (Å²) in [6.45, 7) is 19.5. The first-order valence-electron chi connectivity index (χ1n) is 16.1. The zero-order chi connectivity index (χ0) is 29.1. The van der Waals surface area contributed by atoms with Crippen LogP contribution in [0.2, 0.25) is 0 Å². The first kappa shape index (κ1) is 29.5. The molecule has 2 fully saturated rings. The Balaban J connectivity index is 1.38. The van der Waals surface area contributed by atoms with Crippen molar-refractivity contribution in [1.29, 1.82) is 0 Å². The molecule has 3 nitrogen and oxygen atoms in total. The molecule has 0 heterocycles. The van der Waals surface area contributed by atoms with Crippen LogP contribution in [0.15, 0.2) is 47.1 Å². The van der Waals surface area contributed by atoms with E-state index in [4.69, 9.17) is 4.74 Å². The van der Waals surface area contributed by atoms with Crippen molar-refractivity contribution in [1.82, 2.24) is 0 Å². The van der Waals surface area contributed by atoms with Gasteiger partial charge in [0.05, 0.1) is 0 Å². The van der Waals surface area contributed by atoms with Gasteiger partial charge in [0.15, 0.2) is 0 Å². The predicted octanol–water partition coefficient (Wildman–Crippen LogP) is 10.0. The van der Waals surface area contributed by atoms with Crippen molar-refractivity contribution in [2.75, 3.05) is 0 Å². The minimum atomic E-state index is -0.396. The number of esters is 1. The number of allylic oxidation sites excluding steroid dienone is 4. The van der Waals surface area contributed by atoms with Crippen molar-refractivity contribution < 1.29 is 14.6 Å². The molecule has 5 rings (SSSR count). The fraction of sp³-hybridized carbons (Fsp3) is 0.703. The van der Waals surface area contributed by atoms with Gasteiger partial charge >= 0.3 is 5.97 Å². The van der Waals surface area contributed by atoms with Crippen LogP contribution in [0.3, 0.4) is 0 Å². The molecule has 1 unspecified atom stereocenters. The van der Waals surface area contributed by atoms with E-state index in [1.54, 1.807) is 29.8 Å². The largest absolute Gasteiger partial charge is 0.507 e. The second-order valence-corrected chi connectivity index (χ2v) is 15.5. The molecule has 0 saturated heterocycles. The Bertz CT molecular complexity index is 1200. The lowest BCUT2D eigenvalue weighted by molar-refractivity contribution is -0.104. The molecule has 3 heteroatoms. The van der Waals surface area contributed by atoms with Gasteiger partial charge in [-0.2, -0.15) is 0 Å². The van der Waals surface area contributed by atoms with Gasteiger partial charge in [-0.15, -0.1) is 0 Å². The van der Waals surface area contributed by atoms with E-state index in [9.17, 15) is 9.90 Å². The van der Waals surface area contributed by atoms with Crippen LogP contribution >= 0.6 is 0 Å². The lowest BCUT2D eigenvalue weighted by Crippen LogP contribution is -2.55. The number of carbonyl (C=O) groups is 1. The van der Waals surface area contributed by atoms with E-state index in [-0.39, 0.29) is 28.2 Å². The van der Waals surface area contributed by atoms with E-state index in [1.807, 2.05) is 5.57 Å². The fourth-order valence-electron chi connectivity index (χ4n) is 10.5. The maximum Gasteiger partial charge on any atom is 0.342 e. The van der Waals surface area contributed by atoms with E-state index in [1.165, 1.54) is 56.9 Å². The molecule has 4 aliphatic carbocycles. The Kier molecular flexibility index (Phi) is 7.63. The van der Waals surface area contributed by atoms with Crippen molar-refractivity contribution in [2.24, 2.45) is 39.4 Å². The molecule has 0 radical (unpaired) electrons. The van der Waals surface area contributed by atoms with Crippen molar-refractivity contribution in [3.05, 3.63) is 52.6 Å². The number of phenols is 1. The molecule has 0 aliphatic heterocycles. The van der Waals surface area contributed by atoms with E-state index in [2.05, 4.69) is 61.5 Å². The molecular formula is C37H54O3. The maximum absolute atomic E-state index is 13.1. The predicted molar refractivity (Wildman–Crippen MR) is 164 cm³/mol. The SMILES string of the molecule is CC(C)=CCC[C@@H](C)[C@H]1CC[C@@]2(C)C3=C(CC[C@]12C)[C@@]1(C)CC[C@H](OC(=O)c2ccccc2O)C(C)(C)C1CC3. The van der Waals surface area contributed by atoms with Crippen molar-refractivity contribution in [3.63, 3.8) is 0 Å². The van der Waals surface area contributed by atoms with Crippen LogP contribution in [0, 0.1) is 39.4 Å². The first-order valence-corrected chi connectivity index (χ1v) is 16.1. The highest BCUT2D eigenvalue weighted by atomic mass is 16.5. The van der Waals surface area contributed by atoms with Crippen molar-refractivity contribution in [3.8, 4) is 5.75 Å². The number of hydrogen-bond donors (Lipinski definition) is 1. The third-order valence-corrected chi connectivity index (χ3v) is 13.0. The summed E-state index contributed by atoms with van der Waals surface area (Å²) in [4.78, 5) is 13.1. The number of fused-ring (bicyclic) bond motifs is 4. The number of para-hydroxylation sites is 1. The van der Waals surface area contributed by atoms with Gasteiger partial charge in [0.2, 0.25) is 0 Å². The van der Waals surface area contributed by atoms with Gasteiger partial charge in [0.25, 0.3) is 0 Å². The number of rotatable bonds is 6. The summed E-state index contributed by atoms with van der Waals surface area (Å²) >= 11 is 0. The van der Waals surface area contributed by atoms with E-state index >= 15 is 0 Å². The molecule has 1 aromatic rings. The summed E-state index contributed by atoms with van der Waals surface area (Å²) in [5.41, 5.74) is 6.06. The monoisotopic (exact) mass is 546 g/mol. The van der Waals surface area contributed by atoms with Crippen LogP contribution < -0.4 is 0 Å². The quantitative estimate of drug-likeness (QED) is 0.285. The van der Waals surface area contributed by atoms with Gasteiger partial charge in [-0.25, -0.2) is 4.79 Å². The summed E-state index contributed by atoms with van der Waals surface area (Å²) < 4.78 is 6.18. The average molecular weight is 547 g/mol. The first-order chi connectivity index (χ1) is 18.8. The number of ether oxygens (including phenoxy) is 1. The van der Waals surface area contributed by atoms with E-state index < -0.39 is 5.97 Å². The van der Waals surface area contributed by atoms with Crippen LogP contribution in [0.4, 0.5) is 0 Å². The van der Waals surface area contributed by atoms with Gasteiger partial charge in [-0.05, 0) is 124 Å². The summed E-state index contributed by atoms with van der Waals surface area (Å²) in [6.07, 6.45) is 14.4. The highest BCUT2D eigenvalue weighted by molar-refractivity contribution is 5.92. The number of carbonyl (C=O) groups excluding carboxylic acids is 1. The number of aromatic hydroxyl groups is 1. The maximum atomic E-state index is 13.1. The Morgan fingerprint density at radius 2 is 1.73 bits per heavy atom. The van der Waals surface area contributed by atoms with Gasteiger partial charge in [0, 0.05) is 5.41 Å². The Labute approximate surface area is 243 Å². The normalized spacial score (nSPS) is 37.1. The van der Waals surface area contributed by atoms with Crippen LogP contribution in [0.25, 0.3) is 0 Å². The van der Waals surface area contributed by atoms with Gasteiger partial charge in [-0.1, -0.05) is 76.5 Å². The number of hydrogen-bond acceptors (Lipinski definition) is 3. The number of benzene rings is 1. The Morgan fingerprint density at radius 3 is 2.42 bits per heavy atom. The fourth-order valence-corrected chi connectivity index (χ4v) is 10.5. The molecule has 40 heavy (non-hydrogen) atoms. The summed E-state index contributed by atoms with van der Waals surface area (Å²) in [5, 5.41) is 10.2. The summed E-state index contributed by atoms with van der Waals surface area (Å²) in [5.74, 6) is 1.67. The second kappa shape index (κ2) is 10.4. The number of phenolic OH excluding ortho intramolecular Hbond substituents is 1. The molecule has 4 aliphatic rings. The van der Waals surface area contributed by atoms with E-state index in [0.29, 0.717) is 16.7 Å². The molecule has 1 N–H and O–H groups in total. The molecule has 0 bridgehead atoms. The van der Waals surface area contributed by atoms with Gasteiger partial charge < -0.3 is 9.84 Å². The zero-order valence-corrected chi connectivity index (χ0v) is 26.5. The Hall–Kier alpha value is -2.03. The third-order valence-electron chi connectivity index (χ3n) is 13.0. The van der Waals surface area contributed by atoms with Crippen LogP contribution in [-0.4, -0.2) is 17.2 Å². The molecule has 1 aromatic carbocycles. The second-order valence-electron chi connectivity index (χ2n) is 15.5. The standard InChI is InChI=1S/C37H54O3/c1-24(2)12-11-13-25(3)27-18-22-37(8)29-16-17-31-34(4,5)32(40-33(39)26-14-9-10-15-30(26)38)20-21-35(31,6)28(29)19-23-36(27,37)7/h9-10,12,14-15,25,27,31-32,38H,11,13,16-23H2,1-8H3/t25-,27-,31?,32+,35-,36-,37+/m1/s1. The highest BCUT2D eigenvalue weighted by Crippen LogP contribution is 2.72. The van der Waals surface area contributed by atoms with Crippen LogP contribution in [0.1, 0.15) is 130 Å². The smallest absolute Gasteiger partial charge is 0.342 e. The van der Waals surface area contributed by atoms with Gasteiger partial charge in [-0.3, -0.25) is 0 Å². The van der Waals surface area contributed by atoms with Crippen LogP contribution in [0.5, 0.6) is 5.75 Å². The lowest BCUT2D eigenvalue weighted by atomic mass is 9.43. The van der Waals surface area contributed by atoms with Gasteiger partial charge in [0.1, 0.15) is 17.4 Å². The zero-order valence-electron chi connectivity index (χ0n) is 26.5. The lowest BCUT2D eigenvalue weighted by Gasteiger charge is -2.62. The molecular weight excluding hydrogens is 492 g/mol. The molecule has 220 valence electrons. The topological polar surface area (TPSA) is 46.5 Å². The molecule has 7 atom stereocenters. The molecule has 0 spiro atoms.